The molecule has 0 aliphatic carbocycles. The minimum Gasteiger partial charge on any atom is -0.352 e. The van der Waals surface area contributed by atoms with E-state index in [0.717, 1.165) is 23.3 Å². The van der Waals surface area contributed by atoms with Gasteiger partial charge in [0.05, 0.1) is 5.75 Å². The number of hydrogen-bond acceptors (Lipinski definition) is 3. The predicted octanol–water partition coefficient (Wildman–Crippen LogP) is 5.30. The molecule has 2 unspecified atom stereocenters. The van der Waals surface area contributed by atoms with E-state index >= 15 is 0 Å². The van der Waals surface area contributed by atoms with Gasteiger partial charge in [0.2, 0.25) is 11.8 Å². The van der Waals surface area contributed by atoms with Crippen LogP contribution in [0.25, 0.3) is 0 Å². The third-order valence-corrected chi connectivity index (χ3v) is 6.23. The maximum absolute atomic E-state index is 13.2. The monoisotopic (exact) mass is 446 g/mol. The molecule has 0 heterocycles. The van der Waals surface area contributed by atoms with Crippen LogP contribution in [-0.4, -0.2) is 34.6 Å². The molecule has 1 N–H and O–H groups in total. The number of rotatable bonds is 11. The molecule has 0 aliphatic rings. The van der Waals surface area contributed by atoms with Crippen molar-refractivity contribution in [2.45, 2.75) is 58.0 Å². The Labute approximate surface area is 189 Å². The van der Waals surface area contributed by atoms with Crippen LogP contribution in [0.2, 0.25) is 5.02 Å². The van der Waals surface area contributed by atoms with E-state index < -0.39 is 6.04 Å². The highest BCUT2D eigenvalue weighted by atomic mass is 35.5. The molecule has 0 aliphatic heterocycles. The van der Waals surface area contributed by atoms with Crippen LogP contribution in [-0.2, 0) is 21.9 Å². The van der Waals surface area contributed by atoms with Crippen molar-refractivity contribution in [2.75, 3.05) is 5.75 Å². The standard InChI is InChI=1S/C24H31ClN2O2S/c1-4-18(3)26-24(29)22(5-2)27(15-19-9-7-6-8-10-19)23(28)17-30-16-20-11-13-21(25)14-12-20/h6-14,18,22H,4-5,15-17H2,1-3H3,(H,26,29). The van der Waals surface area contributed by atoms with Gasteiger partial charge < -0.3 is 10.2 Å². The lowest BCUT2D eigenvalue weighted by Gasteiger charge is -2.31. The van der Waals surface area contributed by atoms with E-state index in [1.165, 1.54) is 0 Å². The van der Waals surface area contributed by atoms with Crippen LogP contribution in [0.5, 0.6) is 0 Å². The predicted molar refractivity (Wildman–Crippen MR) is 127 cm³/mol. The van der Waals surface area contributed by atoms with Crippen molar-refractivity contribution in [3.63, 3.8) is 0 Å². The number of thioether (sulfide) groups is 1. The van der Waals surface area contributed by atoms with Gasteiger partial charge in [-0.15, -0.1) is 11.8 Å². The summed E-state index contributed by atoms with van der Waals surface area (Å²) in [5.74, 6) is 0.934. The molecule has 2 rings (SSSR count). The minimum absolute atomic E-state index is 0.0241. The second-order valence-corrected chi connectivity index (χ2v) is 8.79. The number of nitrogens with zero attached hydrogens (tertiary/aromatic N) is 1. The summed E-state index contributed by atoms with van der Waals surface area (Å²) in [7, 11) is 0. The van der Waals surface area contributed by atoms with E-state index in [4.69, 9.17) is 11.6 Å². The summed E-state index contributed by atoms with van der Waals surface area (Å²) < 4.78 is 0. The molecule has 0 saturated heterocycles. The summed E-state index contributed by atoms with van der Waals surface area (Å²) in [5.41, 5.74) is 2.14. The zero-order valence-electron chi connectivity index (χ0n) is 17.9. The van der Waals surface area contributed by atoms with E-state index in [0.29, 0.717) is 23.7 Å². The molecule has 2 aromatic rings. The van der Waals surface area contributed by atoms with E-state index in [1.54, 1.807) is 16.7 Å². The van der Waals surface area contributed by atoms with Gasteiger partial charge in [0.1, 0.15) is 6.04 Å². The quantitative estimate of drug-likeness (QED) is 0.509. The third kappa shape index (κ3) is 7.69. The SMILES string of the molecule is CCC(C)NC(=O)C(CC)N(Cc1ccccc1)C(=O)CSCc1ccc(Cl)cc1. The smallest absolute Gasteiger partial charge is 0.243 e. The Morgan fingerprint density at radius 3 is 2.27 bits per heavy atom. The molecular weight excluding hydrogens is 416 g/mol. The van der Waals surface area contributed by atoms with E-state index in [9.17, 15) is 9.59 Å². The zero-order valence-corrected chi connectivity index (χ0v) is 19.5. The maximum Gasteiger partial charge on any atom is 0.243 e. The molecular formula is C24H31ClN2O2S. The summed E-state index contributed by atoms with van der Waals surface area (Å²) >= 11 is 7.49. The Morgan fingerprint density at radius 2 is 1.67 bits per heavy atom. The minimum atomic E-state index is -0.483. The van der Waals surface area contributed by atoms with Crippen molar-refractivity contribution >= 4 is 35.2 Å². The molecule has 2 aromatic carbocycles. The van der Waals surface area contributed by atoms with Gasteiger partial charge in [-0.05, 0) is 43.0 Å². The van der Waals surface area contributed by atoms with Gasteiger partial charge in [-0.2, -0.15) is 0 Å². The van der Waals surface area contributed by atoms with Gasteiger partial charge in [-0.3, -0.25) is 9.59 Å². The molecule has 4 nitrogen and oxygen atoms in total. The fourth-order valence-corrected chi connectivity index (χ4v) is 4.06. The summed E-state index contributed by atoms with van der Waals surface area (Å²) in [6, 6.07) is 17.1. The number of benzene rings is 2. The highest BCUT2D eigenvalue weighted by molar-refractivity contribution is 7.99. The molecule has 0 bridgehead atoms. The lowest BCUT2D eigenvalue weighted by atomic mass is 10.1. The normalized spacial score (nSPS) is 12.8. The first kappa shape index (κ1) is 24.3. The Morgan fingerprint density at radius 1 is 1.00 bits per heavy atom. The molecule has 2 atom stereocenters. The lowest BCUT2D eigenvalue weighted by molar-refractivity contribution is -0.139. The molecule has 0 saturated carbocycles. The second-order valence-electron chi connectivity index (χ2n) is 7.37. The van der Waals surface area contributed by atoms with E-state index in [-0.39, 0.29) is 17.9 Å². The van der Waals surface area contributed by atoms with Crippen molar-refractivity contribution in [3.05, 3.63) is 70.7 Å². The van der Waals surface area contributed by atoms with Gasteiger partial charge in [-0.1, -0.05) is 67.9 Å². The largest absolute Gasteiger partial charge is 0.352 e. The lowest BCUT2D eigenvalue weighted by Crippen LogP contribution is -2.51. The molecule has 0 radical (unpaired) electrons. The molecule has 2 amide bonds. The molecule has 162 valence electrons. The first-order valence-electron chi connectivity index (χ1n) is 10.4. The first-order chi connectivity index (χ1) is 14.4. The molecule has 0 aromatic heterocycles. The first-order valence-corrected chi connectivity index (χ1v) is 11.9. The second kappa shape index (κ2) is 12.7. The van der Waals surface area contributed by atoms with Crippen LogP contribution >= 0.6 is 23.4 Å². The van der Waals surface area contributed by atoms with Gasteiger partial charge in [0.25, 0.3) is 0 Å². The number of carbonyl (C=O) groups is 2. The summed E-state index contributed by atoms with van der Waals surface area (Å²) in [4.78, 5) is 27.8. The molecule has 6 heteroatoms. The number of halogens is 1. The van der Waals surface area contributed by atoms with E-state index in [2.05, 4.69) is 5.32 Å². The average molecular weight is 447 g/mol. The van der Waals surface area contributed by atoms with Crippen molar-refractivity contribution in [1.29, 1.82) is 0 Å². The number of hydrogen-bond donors (Lipinski definition) is 1. The fraction of sp³-hybridized carbons (Fsp3) is 0.417. The van der Waals surface area contributed by atoms with Crippen LogP contribution < -0.4 is 5.32 Å². The Balaban J connectivity index is 2.09. The van der Waals surface area contributed by atoms with Crippen LogP contribution in [0.3, 0.4) is 0 Å². The number of amides is 2. The van der Waals surface area contributed by atoms with Gasteiger partial charge in [-0.25, -0.2) is 0 Å². The maximum atomic E-state index is 13.2. The highest BCUT2D eigenvalue weighted by Gasteiger charge is 2.29. The van der Waals surface area contributed by atoms with Crippen LogP contribution in [0.15, 0.2) is 54.6 Å². The van der Waals surface area contributed by atoms with Crippen LogP contribution in [0.1, 0.15) is 44.7 Å². The average Bonchev–Trinajstić information content (AvgIpc) is 2.75. The number of carbonyl (C=O) groups excluding carboxylic acids is 2. The Kier molecular flexibility index (Phi) is 10.2. The van der Waals surface area contributed by atoms with Crippen molar-refractivity contribution in [2.24, 2.45) is 0 Å². The van der Waals surface area contributed by atoms with Gasteiger partial charge in [0, 0.05) is 23.4 Å². The summed E-state index contributed by atoms with van der Waals surface area (Å²) in [5, 5.41) is 3.74. The zero-order chi connectivity index (χ0) is 21.9. The Hall–Kier alpha value is -1.98. The highest BCUT2D eigenvalue weighted by Crippen LogP contribution is 2.18. The molecule has 30 heavy (non-hydrogen) atoms. The number of nitrogens with one attached hydrogen (secondary N) is 1. The van der Waals surface area contributed by atoms with Crippen molar-refractivity contribution in [3.8, 4) is 0 Å². The van der Waals surface area contributed by atoms with Crippen molar-refractivity contribution in [1.82, 2.24) is 10.2 Å². The Bertz CT molecular complexity index is 799. The molecule has 0 spiro atoms. The fourth-order valence-electron chi connectivity index (χ4n) is 3.06. The van der Waals surface area contributed by atoms with Crippen molar-refractivity contribution < 1.29 is 9.59 Å². The van der Waals surface area contributed by atoms with Gasteiger partial charge in [0.15, 0.2) is 0 Å². The van der Waals surface area contributed by atoms with E-state index in [1.807, 2.05) is 75.4 Å². The summed E-state index contributed by atoms with van der Waals surface area (Å²) in [6.07, 6.45) is 1.43. The van der Waals surface area contributed by atoms with Gasteiger partial charge >= 0.3 is 0 Å². The topological polar surface area (TPSA) is 49.4 Å². The molecule has 0 fully saturated rings. The summed E-state index contributed by atoms with van der Waals surface area (Å²) in [6.45, 7) is 6.39. The van der Waals surface area contributed by atoms with Crippen LogP contribution in [0.4, 0.5) is 0 Å². The van der Waals surface area contributed by atoms with Crippen LogP contribution in [0, 0.1) is 0 Å². The third-order valence-electron chi connectivity index (χ3n) is 4.99.